The summed E-state index contributed by atoms with van der Waals surface area (Å²) in [4.78, 5) is 13.7. The van der Waals surface area contributed by atoms with Crippen LogP contribution in [0.15, 0.2) is 78.9 Å². The van der Waals surface area contributed by atoms with E-state index in [1.807, 2.05) is 85.8 Å². The topological polar surface area (TPSA) is 48.0 Å². The van der Waals surface area contributed by atoms with Gasteiger partial charge in [-0.3, -0.25) is 0 Å². The van der Waals surface area contributed by atoms with Crippen LogP contribution in [0, 0.1) is 0 Å². The second-order valence-corrected chi connectivity index (χ2v) is 7.69. The molecule has 0 aliphatic heterocycles. The van der Waals surface area contributed by atoms with Crippen LogP contribution in [-0.2, 0) is 24.4 Å². The summed E-state index contributed by atoms with van der Waals surface area (Å²) >= 11 is 0. The lowest BCUT2D eigenvalue weighted by Crippen LogP contribution is -2.36. The third kappa shape index (κ3) is 6.77. The van der Waals surface area contributed by atoms with E-state index in [0.717, 1.165) is 16.7 Å². The van der Waals surface area contributed by atoms with Crippen molar-refractivity contribution in [3.05, 3.63) is 95.6 Å². The van der Waals surface area contributed by atoms with Crippen LogP contribution in [0.2, 0.25) is 0 Å². The molecule has 0 spiro atoms. The van der Waals surface area contributed by atoms with E-state index in [0.29, 0.717) is 37.7 Å². The van der Waals surface area contributed by atoms with Crippen molar-refractivity contribution in [1.29, 1.82) is 0 Å². The van der Waals surface area contributed by atoms with E-state index < -0.39 is 0 Å². The summed E-state index contributed by atoms with van der Waals surface area (Å²) in [5, 5.41) is 0. The Hall–Kier alpha value is -3.47. The molecule has 1 amide bonds. The number of hydrogen-bond acceptors (Lipinski definition) is 4. The Bertz CT molecular complexity index is 975. The molecule has 0 fully saturated rings. The van der Waals surface area contributed by atoms with Crippen LogP contribution in [0.5, 0.6) is 11.5 Å². The minimum atomic E-state index is -0.316. The molecule has 0 radical (unpaired) electrons. The molecule has 5 heteroatoms. The van der Waals surface area contributed by atoms with Gasteiger partial charge in [-0.25, -0.2) is 4.79 Å². The van der Waals surface area contributed by atoms with E-state index in [-0.39, 0.29) is 12.1 Å². The number of carbonyl (C=O) groups is 1. The summed E-state index contributed by atoms with van der Waals surface area (Å²) in [5.74, 6) is 1.38. The molecule has 32 heavy (non-hydrogen) atoms. The SMILES string of the molecule is CCOC(=O)N(C)C(C)Cc1ccc(OCc2ccccc2)c(OCc2ccccc2)c1. The number of benzene rings is 3. The van der Waals surface area contributed by atoms with Crippen molar-refractivity contribution in [2.75, 3.05) is 13.7 Å². The molecular formula is C27H31NO4. The quantitative estimate of drug-likeness (QED) is 0.402. The van der Waals surface area contributed by atoms with E-state index >= 15 is 0 Å². The van der Waals surface area contributed by atoms with E-state index in [1.165, 1.54) is 0 Å². The summed E-state index contributed by atoms with van der Waals surface area (Å²) in [7, 11) is 1.76. The van der Waals surface area contributed by atoms with Crippen molar-refractivity contribution in [3.63, 3.8) is 0 Å². The smallest absolute Gasteiger partial charge is 0.409 e. The monoisotopic (exact) mass is 433 g/mol. The van der Waals surface area contributed by atoms with Gasteiger partial charge in [0.15, 0.2) is 11.5 Å². The van der Waals surface area contributed by atoms with Gasteiger partial charge >= 0.3 is 6.09 Å². The molecule has 3 aromatic rings. The van der Waals surface area contributed by atoms with Gasteiger partial charge in [0.05, 0.1) is 6.61 Å². The highest BCUT2D eigenvalue weighted by Crippen LogP contribution is 2.31. The van der Waals surface area contributed by atoms with Gasteiger partial charge in [0.2, 0.25) is 0 Å². The largest absolute Gasteiger partial charge is 0.485 e. The molecule has 0 bridgehead atoms. The molecule has 1 unspecified atom stereocenters. The van der Waals surface area contributed by atoms with Gasteiger partial charge in [-0.05, 0) is 49.1 Å². The number of ether oxygens (including phenoxy) is 3. The molecule has 0 aromatic heterocycles. The van der Waals surface area contributed by atoms with Crippen molar-refractivity contribution >= 4 is 6.09 Å². The standard InChI is InChI=1S/C27H31NO4/c1-4-30-27(29)28(3)21(2)17-24-15-16-25(31-19-22-11-7-5-8-12-22)26(18-24)32-20-23-13-9-6-10-14-23/h5-16,18,21H,4,17,19-20H2,1-3H3. The molecule has 0 N–H and O–H groups in total. The number of nitrogens with zero attached hydrogens (tertiary/aromatic N) is 1. The van der Waals surface area contributed by atoms with Crippen LogP contribution in [0.4, 0.5) is 4.79 Å². The van der Waals surface area contributed by atoms with Crippen molar-refractivity contribution in [2.45, 2.75) is 39.5 Å². The minimum Gasteiger partial charge on any atom is -0.485 e. The van der Waals surface area contributed by atoms with Gasteiger partial charge in [-0.2, -0.15) is 0 Å². The highest BCUT2D eigenvalue weighted by atomic mass is 16.6. The van der Waals surface area contributed by atoms with Crippen LogP contribution < -0.4 is 9.47 Å². The molecule has 0 saturated carbocycles. The van der Waals surface area contributed by atoms with Crippen LogP contribution in [0.3, 0.4) is 0 Å². The van der Waals surface area contributed by atoms with Crippen molar-refractivity contribution < 1.29 is 19.0 Å². The van der Waals surface area contributed by atoms with Gasteiger partial charge in [-0.1, -0.05) is 66.7 Å². The van der Waals surface area contributed by atoms with Gasteiger partial charge in [0.25, 0.3) is 0 Å². The molecule has 3 aromatic carbocycles. The number of likely N-dealkylation sites (N-methyl/N-ethyl adjacent to an activating group) is 1. The van der Waals surface area contributed by atoms with Gasteiger partial charge in [-0.15, -0.1) is 0 Å². The molecule has 168 valence electrons. The number of hydrogen-bond donors (Lipinski definition) is 0. The van der Waals surface area contributed by atoms with Gasteiger partial charge in [0.1, 0.15) is 13.2 Å². The fourth-order valence-corrected chi connectivity index (χ4v) is 3.27. The van der Waals surface area contributed by atoms with Crippen LogP contribution in [0.25, 0.3) is 0 Å². The summed E-state index contributed by atoms with van der Waals surface area (Å²) in [6, 6.07) is 26.0. The Morgan fingerprint density at radius 1 is 0.812 bits per heavy atom. The summed E-state index contributed by atoms with van der Waals surface area (Å²) < 4.78 is 17.3. The fraction of sp³-hybridized carbons (Fsp3) is 0.296. The van der Waals surface area contributed by atoms with Gasteiger partial charge in [0, 0.05) is 13.1 Å². The Morgan fingerprint density at radius 2 is 1.38 bits per heavy atom. The lowest BCUT2D eigenvalue weighted by atomic mass is 10.1. The maximum atomic E-state index is 12.0. The Morgan fingerprint density at radius 3 is 1.94 bits per heavy atom. The first-order chi connectivity index (χ1) is 15.6. The molecule has 3 rings (SSSR count). The average molecular weight is 434 g/mol. The zero-order valence-electron chi connectivity index (χ0n) is 19.0. The predicted octanol–water partition coefficient (Wildman–Crippen LogP) is 5.86. The molecular weight excluding hydrogens is 402 g/mol. The Kier molecular flexibility index (Phi) is 8.55. The van der Waals surface area contributed by atoms with Crippen molar-refractivity contribution in [3.8, 4) is 11.5 Å². The third-order valence-electron chi connectivity index (χ3n) is 5.23. The molecule has 5 nitrogen and oxygen atoms in total. The van der Waals surface area contributed by atoms with Gasteiger partial charge < -0.3 is 19.1 Å². The van der Waals surface area contributed by atoms with E-state index in [9.17, 15) is 4.79 Å². The number of rotatable bonds is 10. The molecule has 0 saturated heterocycles. The zero-order chi connectivity index (χ0) is 22.8. The molecule has 0 aliphatic carbocycles. The fourth-order valence-electron chi connectivity index (χ4n) is 3.27. The zero-order valence-corrected chi connectivity index (χ0v) is 19.0. The summed E-state index contributed by atoms with van der Waals surface area (Å²) in [5.41, 5.74) is 3.24. The average Bonchev–Trinajstić information content (AvgIpc) is 2.83. The number of amides is 1. The lowest BCUT2D eigenvalue weighted by Gasteiger charge is -2.24. The Balaban J connectivity index is 1.74. The maximum Gasteiger partial charge on any atom is 0.409 e. The summed E-state index contributed by atoms with van der Waals surface area (Å²) in [6.45, 7) is 5.08. The predicted molar refractivity (Wildman–Crippen MR) is 126 cm³/mol. The van der Waals surface area contributed by atoms with E-state index in [1.54, 1.807) is 18.9 Å². The number of carbonyl (C=O) groups excluding carboxylic acids is 1. The Labute approximate surface area is 190 Å². The minimum absolute atomic E-state index is 0.0212. The van der Waals surface area contributed by atoms with Crippen molar-refractivity contribution in [1.82, 2.24) is 4.90 Å². The highest BCUT2D eigenvalue weighted by molar-refractivity contribution is 5.67. The molecule has 1 atom stereocenters. The first-order valence-electron chi connectivity index (χ1n) is 10.9. The van der Waals surface area contributed by atoms with E-state index in [2.05, 4.69) is 0 Å². The van der Waals surface area contributed by atoms with Crippen molar-refractivity contribution in [2.24, 2.45) is 0 Å². The second-order valence-electron chi connectivity index (χ2n) is 7.69. The molecule has 0 aliphatic rings. The lowest BCUT2D eigenvalue weighted by molar-refractivity contribution is 0.104. The summed E-state index contributed by atoms with van der Waals surface area (Å²) in [6.07, 6.45) is 0.360. The normalized spacial score (nSPS) is 11.5. The first kappa shape index (κ1) is 23.2. The maximum absolute atomic E-state index is 12.0. The molecule has 0 heterocycles. The second kappa shape index (κ2) is 11.8. The van der Waals surface area contributed by atoms with Crippen LogP contribution in [0.1, 0.15) is 30.5 Å². The third-order valence-corrected chi connectivity index (χ3v) is 5.23. The van der Waals surface area contributed by atoms with Crippen LogP contribution >= 0.6 is 0 Å². The highest BCUT2D eigenvalue weighted by Gasteiger charge is 2.18. The van der Waals surface area contributed by atoms with E-state index in [4.69, 9.17) is 14.2 Å². The first-order valence-corrected chi connectivity index (χ1v) is 10.9. The van der Waals surface area contributed by atoms with Crippen LogP contribution in [-0.4, -0.2) is 30.7 Å².